The van der Waals surface area contributed by atoms with E-state index in [4.69, 9.17) is 4.74 Å². The second-order valence-corrected chi connectivity index (χ2v) is 7.60. The first kappa shape index (κ1) is 16.6. The standard InChI is InChI=1S/C17H29N3O3/c1-3-23-14(21)16(2)6-4-13(5-7-16)20-12-17(19-15(20)22)8-10-18-11-9-17/h13,18H,3-12H2,1-2H3,(H,19,22)/t13-,16-. The molecule has 1 saturated carbocycles. The summed E-state index contributed by atoms with van der Waals surface area (Å²) in [7, 11) is 0. The monoisotopic (exact) mass is 323 g/mol. The molecule has 3 aliphatic rings. The number of rotatable bonds is 3. The van der Waals surface area contributed by atoms with E-state index in [-0.39, 0.29) is 29.0 Å². The van der Waals surface area contributed by atoms with Gasteiger partial charge in [0, 0.05) is 12.6 Å². The van der Waals surface area contributed by atoms with E-state index in [0.717, 1.165) is 58.2 Å². The van der Waals surface area contributed by atoms with Crippen molar-refractivity contribution in [3.63, 3.8) is 0 Å². The Balaban J connectivity index is 1.59. The van der Waals surface area contributed by atoms with Gasteiger partial charge in [-0.1, -0.05) is 0 Å². The molecular formula is C17H29N3O3. The van der Waals surface area contributed by atoms with E-state index in [1.165, 1.54) is 0 Å². The summed E-state index contributed by atoms with van der Waals surface area (Å²) in [5.41, 5.74) is -0.417. The first-order chi connectivity index (χ1) is 11.0. The predicted octanol–water partition coefficient (Wildman–Crippen LogP) is 1.65. The Morgan fingerprint density at radius 1 is 1.26 bits per heavy atom. The molecule has 2 saturated heterocycles. The average molecular weight is 323 g/mol. The predicted molar refractivity (Wildman–Crippen MR) is 87.1 cm³/mol. The molecule has 0 aromatic rings. The van der Waals surface area contributed by atoms with Crippen molar-refractivity contribution in [2.24, 2.45) is 5.41 Å². The number of hydrogen-bond acceptors (Lipinski definition) is 4. The van der Waals surface area contributed by atoms with Crippen LogP contribution in [0.5, 0.6) is 0 Å². The summed E-state index contributed by atoms with van der Waals surface area (Å²) in [6, 6.07) is 0.336. The third-order valence-corrected chi connectivity index (χ3v) is 5.93. The van der Waals surface area contributed by atoms with Crippen molar-refractivity contribution in [2.45, 2.75) is 64.0 Å². The number of amides is 2. The highest BCUT2D eigenvalue weighted by atomic mass is 16.5. The summed E-state index contributed by atoms with van der Waals surface area (Å²) in [5, 5.41) is 6.59. The van der Waals surface area contributed by atoms with Gasteiger partial charge in [-0.2, -0.15) is 0 Å². The molecule has 1 aliphatic carbocycles. The van der Waals surface area contributed by atoms with Gasteiger partial charge in [-0.25, -0.2) is 4.79 Å². The molecule has 2 aliphatic heterocycles. The average Bonchev–Trinajstić information content (AvgIpc) is 2.85. The van der Waals surface area contributed by atoms with Crippen LogP contribution >= 0.6 is 0 Å². The third-order valence-electron chi connectivity index (χ3n) is 5.93. The Hall–Kier alpha value is -1.30. The van der Waals surface area contributed by atoms with Crippen molar-refractivity contribution in [1.29, 1.82) is 0 Å². The van der Waals surface area contributed by atoms with Crippen LogP contribution in [0, 0.1) is 5.41 Å². The SMILES string of the molecule is CCOC(=O)[C@]1(C)CC[C@@H](N2CC3(CCNCC3)NC2=O)CC1. The summed E-state index contributed by atoms with van der Waals surface area (Å²) in [6.45, 7) is 7.04. The second-order valence-electron chi connectivity index (χ2n) is 7.60. The van der Waals surface area contributed by atoms with Gasteiger partial charge < -0.3 is 20.3 Å². The Bertz CT molecular complexity index is 466. The van der Waals surface area contributed by atoms with Gasteiger partial charge in [-0.3, -0.25) is 4.79 Å². The molecule has 0 aromatic carbocycles. The smallest absolute Gasteiger partial charge is 0.318 e. The summed E-state index contributed by atoms with van der Waals surface area (Å²) in [6.07, 6.45) is 5.38. The molecule has 130 valence electrons. The van der Waals surface area contributed by atoms with Crippen molar-refractivity contribution < 1.29 is 14.3 Å². The fourth-order valence-corrected chi connectivity index (χ4v) is 4.28. The topological polar surface area (TPSA) is 70.7 Å². The summed E-state index contributed by atoms with van der Waals surface area (Å²) >= 11 is 0. The quantitative estimate of drug-likeness (QED) is 0.775. The zero-order chi connectivity index (χ0) is 16.5. The lowest BCUT2D eigenvalue weighted by Gasteiger charge is -2.39. The van der Waals surface area contributed by atoms with Crippen LogP contribution in [0.4, 0.5) is 4.79 Å². The number of carbonyl (C=O) groups is 2. The number of nitrogens with one attached hydrogen (secondary N) is 2. The molecule has 2 N–H and O–H groups in total. The minimum Gasteiger partial charge on any atom is -0.466 e. The number of nitrogens with zero attached hydrogens (tertiary/aromatic N) is 1. The molecule has 0 atom stereocenters. The molecule has 2 heterocycles. The van der Waals surface area contributed by atoms with Crippen molar-refractivity contribution >= 4 is 12.0 Å². The minimum absolute atomic E-state index is 0.0375. The fraction of sp³-hybridized carbons (Fsp3) is 0.882. The molecule has 6 heteroatoms. The highest BCUT2D eigenvalue weighted by Gasteiger charge is 2.47. The molecule has 2 amide bonds. The minimum atomic E-state index is -0.380. The summed E-state index contributed by atoms with van der Waals surface area (Å²) in [4.78, 5) is 26.6. The van der Waals surface area contributed by atoms with Gasteiger partial charge in [0.1, 0.15) is 0 Å². The molecule has 3 fully saturated rings. The lowest BCUT2D eigenvalue weighted by atomic mass is 9.73. The van der Waals surface area contributed by atoms with Crippen molar-refractivity contribution in [3.8, 4) is 0 Å². The maximum absolute atomic E-state index is 12.4. The number of esters is 1. The van der Waals surface area contributed by atoms with Crippen LogP contribution in [0.3, 0.4) is 0 Å². The largest absolute Gasteiger partial charge is 0.466 e. The van der Waals surface area contributed by atoms with E-state index in [2.05, 4.69) is 10.6 Å². The summed E-state index contributed by atoms with van der Waals surface area (Å²) < 4.78 is 5.22. The van der Waals surface area contributed by atoms with E-state index in [9.17, 15) is 9.59 Å². The molecule has 1 spiro atoms. The van der Waals surface area contributed by atoms with E-state index < -0.39 is 0 Å². The molecule has 23 heavy (non-hydrogen) atoms. The van der Waals surface area contributed by atoms with E-state index in [1.54, 1.807) is 0 Å². The van der Waals surface area contributed by atoms with Crippen molar-refractivity contribution in [3.05, 3.63) is 0 Å². The van der Waals surface area contributed by atoms with E-state index >= 15 is 0 Å². The third kappa shape index (κ3) is 3.18. The number of carbonyl (C=O) groups excluding carboxylic acids is 2. The maximum Gasteiger partial charge on any atom is 0.318 e. The molecule has 3 rings (SSSR count). The van der Waals surface area contributed by atoms with Crippen LogP contribution in [-0.2, 0) is 9.53 Å². The molecule has 0 bridgehead atoms. The Morgan fingerprint density at radius 2 is 1.91 bits per heavy atom. The van der Waals surface area contributed by atoms with Gasteiger partial charge in [0.15, 0.2) is 0 Å². The van der Waals surface area contributed by atoms with Gasteiger partial charge in [-0.05, 0) is 65.5 Å². The number of ether oxygens (including phenoxy) is 1. The number of hydrogen-bond donors (Lipinski definition) is 2. The zero-order valence-corrected chi connectivity index (χ0v) is 14.3. The van der Waals surface area contributed by atoms with Gasteiger partial charge >= 0.3 is 12.0 Å². The van der Waals surface area contributed by atoms with Crippen LogP contribution in [0.25, 0.3) is 0 Å². The van der Waals surface area contributed by atoms with Gasteiger partial charge in [-0.15, -0.1) is 0 Å². The second kappa shape index (κ2) is 6.30. The Morgan fingerprint density at radius 3 is 2.52 bits per heavy atom. The van der Waals surface area contributed by atoms with E-state index in [1.807, 2.05) is 18.7 Å². The molecule has 0 aromatic heterocycles. The molecule has 0 radical (unpaired) electrons. The van der Waals surface area contributed by atoms with Gasteiger partial charge in [0.25, 0.3) is 0 Å². The number of piperidine rings is 1. The highest BCUT2D eigenvalue weighted by molar-refractivity contribution is 5.79. The van der Waals surface area contributed by atoms with Crippen LogP contribution in [0.2, 0.25) is 0 Å². The lowest BCUT2D eigenvalue weighted by Crippen LogP contribution is -2.51. The Kier molecular flexibility index (Phi) is 4.54. The van der Waals surface area contributed by atoms with Crippen LogP contribution < -0.4 is 10.6 Å². The van der Waals surface area contributed by atoms with E-state index in [0.29, 0.717) is 6.61 Å². The zero-order valence-electron chi connectivity index (χ0n) is 14.3. The number of urea groups is 1. The normalized spacial score (nSPS) is 33.6. The highest BCUT2D eigenvalue weighted by Crippen LogP contribution is 2.40. The Labute approximate surface area is 138 Å². The van der Waals surface area contributed by atoms with Crippen LogP contribution in [0.1, 0.15) is 52.4 Å². The first-order valence-electron chi connectivity index (χ1n) is 8.95. The lowest BCUT2D eigenvalue weighted by molar-refractivity contribution is -0.156. The molecular weight excluding hydrogens is 294 g/mol. The first-order valence-corrected chi connectivity index (χ1v) is 8.95. The molecule has 0 unspecified atom stereocenters. The summed E-state index contributed by atoms with van der Waals surface area (Å²) in [5.74, 6) is -0.0841. The van der Waals surface area contributed by atoms with Crippen molar-refractivity contribution in [1.82, 2.24) is 15.5 Å². The van der Waals surface area contributed by atoms with Gasteiger partial charge in [0.2, 0.25) is 0 Å². The van der Waals surface area contributed by atoms with Crippen LogP contribution in [0.15, 0.2) is 0 Å². The van der Waals surface area contributed by atoms with Crippen molar-refractivity contribution in [2.75, 3.05) is 26.2 Å². The maximum atomic E-state index is 12.4. The van der Waals surface area contributed by atoms with Crippen LogP contribution in [-0.4, -0.2) is 54.7 Å². The molecule has 6 nitrogen and oxygen atoms in total. The fourth-order valence-electron chi connectivity index (χ4n) is 4.28. The van der Waals surface area contributed by atoms with Gasteiger partial charge in [0.05, 0.1) is 17.6 Å².